The second-order valence-corrected chi connectivity index (χ2v) is 4.58. The van der Waals surface area contributed by atoms with Crippen LogP contribution in [0.2, 0.25) is 0 Å². The van der Waals surface area contributed by atoms with E-state index in [4.69, 9.17) is 9.47 Å². The fourth-order valence-electron chi connectivity index (χ4n) is 1.89. The molecule has 4 heteroatoms. The Kier molecular flexibility index (Phi) is 3.59. The average molecular weight is 272 g/mol. The number of nitrogens with zero attached hydrogens (tertiary/aromatic N) is 1. The molecule has 1 aliphatic heterocycles. The lowest BCUT2D eigenvalue weighted by atomic mass is 9.94. The fourth-order valence-corrected chi connectivity index (χ4v) is 2.24. The Morgan fingerprint density at radius 3 is 3.13 bits per heavy atom. The number of rotatable bonds is 2. The maximum atomic E-state index is 5.48. The van der Waals surface area contributed by atoms with Crippen LogP contribution in [-0.2, 0) is 4.74 Å². The van der Waals surface area contributed by atoms with Crippen LogP contribution in [-0.4, -0.2) is 25.3 Å². The molecule has 0 radical (unpaired) electrons. The summed E-state index contributed by atoms with van der Waals surface area (Å²) in [6, 6.07) is 2.07. The zero-order valence-electron chi connectivity index (χ0n) is 8.70. The summed E-state index contributed by atoms with van der Waals surface area (Å²) in [6.45, 7) is 1.65. The molecule has 3 nitrogen and oxygen atoms in total. The SMILES string of the molecule is COc1ncc(Br)cc1C1CCCOC1. The van der Waals surface area contributed by atoms with E-state index in [2.05, 4.69) is 27.0 Å². The maximum absolute atomic E-state index is 5.48. The number of hydrogen-bond acceptors (Lipinski definition) is 3. The normalized spacial score (nSPS) is 21.3. The van der Waals surface area contributed by atoms with Gasteiger partial charge in [-0.05, 0) is 34.8 Å². The minimum atomic E-state index is 0.415. The van der Waals surface area contributed by atoms with E-state index in [1.54, 1.807) is 13.3 Å². The summed E-state index contributed by atoms with van der Waals surface area (Å²) in [5.74, 6) is 1.13. The van der Waals surface area contributed by atoms with Gasteiger partial charge in [-0.25, -0.2) is 4.98 Å². The van der Waals surface area contributed by atoms with Gasteiger partial charge < -0.3 is 9.47 Å². The van der Waals surface area contributed by atoms with Crippen LogP contribution >= 0.6 is 15.9 Å². The number of pyridine rings is 1. The Hall–Kier alpha value is -0.610. The summed E-state index contributed by atoms with van der Waals surface area (Å²) in [5, 5.41) is 0. The van der Waals surface area contributed by atoms with E-state index < -0.39 is 0 Å². The Balaban J connectivity index is 2.27. The van der Waals surface area contributed by atoms with Crippen LogP contribution in [0.1, 0.15) is 24.3 Å². The molecule has 0 N–H and O–H groups in total. The third kappa shape index (κ3) is 2.49. The van der Waals surface area contributed by atoms with Gasteiger partial charge in [-0.2, -0.15) is 0 Å². The minimum absolute atomic E-state index is 0.415. The summed E-state index contributed by atoms with van der Waals surface area (Å²) in [7, 11) is 1.66. The number of aromatic nitrogens is 1. The van der Waals surface area contributed by atoms with Crippen molar-refractivity contribution in [1.82, 2.24) is 4.98 Å². The van der Waals surface area contributed by atoms with Gasteiger partial charge in [0, 0.05) is 28.8 Å². The van der Waals surface area contributed by atoms with Crippen LogP contribution in [0.5, 0.6) is 5.88 Å². The molecule has 1 unspecified atom stereocenters. The van der Waals surface area contributed by atoms with Crippen molar-refractivity contribution in [2.45, 2.75) is 18.8 Å². The molecule has 1 aromatic rings. The summed E-state index contributed by atoms with van der Waals surface area (Å²) in [5.41, 5.74) is 1.14. The highest BCUT2D eigenvalue weighted by Crippen LogP contribution is 2.32. The first-order valence-electron chi connectivity index (χ1n) is 5.08. The number of ether oxygens (including phenoxy) is 2. The second-order valence-electron chi connectivity index (χ2n) is 3.67. The highest BCUT2D eigenvalue weighted by Gasteiger charge is 2.20. The predicted octanol–water partition coefficient (Wildman–Crippen LogP) is 2.75. The molecular weight excluding hydrogens is 258 g/mol. The zero-order valence-corrected chi connectivity index (χ0v) is 10.3. The quantitative estimate of drug-likeness (QED) is 0.829. The van der Waals surface area contributed by atoms with Gasteiger partial charge in [0.2, 0.25) is 5.88 Å². The molecule has 0 aromatic carbocycles. The van der Waals surface area contributed by atoms with Gasteiger partial charge in [-0.1, -0.05) is 0 Å². The van der Waals surface area contributed by atoms with Crippen molar-refractivity contribution in [3.8, 4) is 5.88 Å². The predicted molar refractivity (Wildman–Crippen MR) is 61.3 cm³/mol. The molecule has 1 aromatic heterocycles. The Morgan fingerprint density at radius 1 is 1.60 bits per heavy atom. The van der Waals surface area contributed by atoms with Crippen molar-refractivity contribution >= 4 is 15.9 Å². The van der Waals surface area contributed by atoms with E-state index in [0.717, 1.165) is 36.1 Å². The number of hydrogen-bond donors (Lipinski definition) is 0. The Morgan fingerprint density at radius 2 is 2.47 bits per heavy atom. The van der Waals surface area contributed by atoms with Crippen LogP contribution in [0, 0.1) is 0 Å². The summed E-state index contributed by atoms with van der Waals surface area (Å²) in [4.78, 5) is 4.25. The van der Waals surface area contributed by atoms with Crippen molar-refractivity contribution in [2.75, 3.05) is 20.3 Å². The lowest BCUT2D eigenvalue weighted by molar-refractivity contribution is 0.0795. The van der Waals surface area contributed by atoms with E-state index in [1.165, 1.54) is 0 Å². The van der Waals surface area contributed by atoms with E-state index in [0.29, 0.717) is 11.8 Å². The van der Waals surface area contributed by atoms with E-state index >= 15 is 0 Å². The minimum Gasteiger partial charge on any atom is -0.481 e. The Bertz CT molecular complexity index is 337. The molecule has 0 spiro atoms. The van der Waals surface area contributed by atoms with Crippen LogP contribution in [0.4, 0.5) is 0 Å². The van der Waals surface area contributed by atoms with Crippen molar-refractivity contribution in [2.24, 2.45) is 0 Å². The van der Waals surface area contributed by atoms with Crippen molar-refractivity contribution in [3.63, 3.8) is 0 Å². The third-order valence-corrected chi connectivity index (χ3v) is 3.07. The zero-order chi connectivity index (χ0) is 10.7. The van der Waals surface area contributed by atoms with Crippen molar-refractivity contribution < 1.29 is 9.47 Å². The van der Waals surface area contributed by atoms with Crippen LogP contribution in [0.3, 0.4) is 0 Å². The van der Waals surface area contributed by atoms with Gasteiger partial charge >= 0.3 is 0 Å². The number of methoxy groups -OCH3 is 1. The second kappa shape index (κ2) is 4.94. The van der Waals surface area contributed by atoms with Crippen LogP contribution in [0.15, 0.2) is 16.7 Å². The van der Waals surface area contributed by atoms with Gasteiger partial charge in [-0.3, -0.25) is 0 Å². The molecule has 0 aliphatic carbocycles. The lowest BCUT2D eigenvalue weighted by Gasteiger charge is -2.23. The van der Waals surface area contributed by atoms with Crippen molar-refractivity contribution in [3.05, 3.63) is 22.3 Å². The smallest absolute Gasteiger partial charge is 0.216 e. The average Bonchev–Trinajstić information content (AvgIpc) is 2.30. The molecule has 2 heterocycles. The van der Waals surface area contributed by atoms with Gasteiger partial charge in [0.25, 0.3) is 0 Å². The standard InChI is InChI=1S/C11H14BrNO2/c1-14-11-10(5-9(12)6-13-11)8-3-2-4-15-7-8/h5-6,8H,2-4,7H2,1H3. The van der Waals surface area contributed by atoms with Gasteiger partial charge in [0.05, 0.1) is 13.7 Å². The first-order valence-corrected chi connectivity index (χ1v) is 5.87. The largest absolute Gasteiger partial charge is 0.481 e. The molecule has 0 amide bonds. The molecule has 1 fully saturated rings. The van der Waals surface area contributed by atoms with Crippen LogP contribution in [0.25, 0.3) is 0 Å². The van der Waals surface area contributed by atoms with Crippen molar-refractivity contribution in [1.29, 1.82) is 0 Å². The fraction of sp³-hybridized carbons (Fsp3) is 0.545. The third-order valence-electron chi connectivity index (χ3n) is 2.64. The van der Waals surface area contributed by atoms with E-state index in [-0.39, 0.29) is 0 Å². The lowest BCUT2D eigenvalue weighted by Crippen LogP contribution is -2.16. The highest BCUT2D eigenvalue weighted by atomic mass is 79.9. The van der Waals surface area contributed by atoms with E-state index in [1.807, 2.05) is 0 Å². The highest BCUT2D eigenvalue weighted by molar-refractivity contribution is 9.10. The summed E-state index contributed by atoms with van der Waals surface area (Å²) in [6.07, 6.45) is 4.01. The Labute approximate surface area is 97.9 Å². The van der Waals surface area contributed by atoms with Gasteiger partial charge in [0.1, 0.15) is 0 Å². The molecule has 0 bridgehead atoms. The molecular formula is C11H14BrNO2. The first-order chi connectivity index (χ1) is 7.31. The first kappa shape index (κ1) is 10.9. The number of halogens is 1. The van der Waals surface area contributed by atoms with Gasteiger partial charge in [-0.15, -0.1) is 0 Å². The maximum Gasteiger partial charge on any atom is 0.216 e. The molecule has 2 rings (SSSR count). The van der Waals surface area contributed by atoms with E-state index in [9.17, 15) is 0 Å². The van der Waals surface area contributed by atoms with Crippen LogP contribution < -0.4 is 4.74 Å². The summed E-state index contributed by atoms with van der Waals surface area (Å²) < 4.78 is 11.7. The molecule has 15 heavy (non-hydrogen) atoms. The monoisotopic (exact) mass is 271 g/mol. The summed E-state index contributed by atoms with van der Waals surface area (Å²) >= 11 is 3.43. The molecule has 1 saturated heterocycles. The molecule has 1 aliphatic rings. The molecule has 1 atom stereocenters. The molecule has 0 saturated carbocycles. The van der Waals surface area contributed by atoms with Gasteiger partial charge in [0.15, 0.2) is 0 Å². The molecule has 82 valence electrons. The topological polar surface area (TPSA) is 31.4 Å².